The van der Waals surface area contributed by atoms with Gasteiger partial charge in [0.1, 0.15) is 5.82 Å². The molecule has 2 rings (SSSR count). The summed E-state index contributed by atoms with van der Waals surface area (Å²) in [6.07, 6.45) is 0.971. The average Bonchev–Trinajstić information content (AvgIpc) is 3.14. The summed E-state index contributed by atoms with van der Waals surface area (Å²) in [6.45, 7) is 0.628. The van der Waals surface area contributed by atoms with Crippen molar-refractivity contribution in [2.75, 3.05) is 13.1 Å². The first kappa shape index (κ1) is 19.8. The predicted molar refractivity (Wildman–Crippen MR) is 98.6 cm³/mol. The fourth-order valence-electron chi connectivity index (χ4n) is 2.32. The lowest BCUT2D eigenvalue weighted by atomic mass is 10.1. The van der Waals surface area contributed by atoms with E-state index in [-0.39, 0.29) is 49.2 Å². The molecule has 1 aromatic heterocycles. The van der Waals surface area contributed by atoms with Gasteiger partial charge in [0.05, 0.1) is 4.88 Å². The Labute approximate surface area is 155 Å². The Morgan fingerprint density at radius 1 is 0.923 bits per heavy atom. The molecule has 0 aliphatic heterocycles. The number of benzene rings is 1. The largest absolute Gasteiger partial charge is 0.356 e. The van der Waals surface area contributed by atoms with Crippen molar-refractivity contribution in [3.8, 4) is 0 Å². The quantitative estimate of drug-likeness (QED) is 0.626. The minimum absolute atomic E-state index is 0.0507. The normalized spacial score (nSPS) is 10.3. The van der Waals surface area contributed by atoms with E-state index in [0.717, 1.165) is 5.56 Å². The molecule has 138 valence electrons. The van der Waals surface area contributed by atoms with Crippen LogP contribution in [0.25, 0.3) is 0 Å². The first-order valence-electron chi connectivity index (χ1n) is 8.39. The van der Waals surface area contributed by atoms with Crippen LogP contribution in [0.4, 0.5) is 4.39 Å². The van der Waals surface area contributed by atoms with Gasteiger partial charge in [-0.05, 0) is 35.6 Å². The molecular formula is C19H21FN2O3S. The highest BCUT2D eigenvalue weighted by Crippen LogP contribution is 2.12. The topological polar surface area (TPSA) is 75.3 Å². The summed E-state index contributed by atoms with van der Waals surface area (Å²) in [6, 6.07) is 9.77. The third kappa shape index (κ3) is 7.14. The molecule has 0 saturated carbocycles. The van der Waals surface area contributed by atoms with E-state index in [1.54, 1.807) is 24.3 Å². The molecule has 5 nitrogen and oxygen atoms in total. The summed E-state index contributed by atoms with van der Waals surface area (Å²) in [5.41, 5.74) is 0.814. The van der Waals surface area contributed by atoms with E-state index in [1.165, 1.54) is 23.5 Å². The van der Waals surface area contributed by atoms with E-state index in [2.05, 4.69) is 10.6 Å². The fraction of sp³-hybridized carbons (Fsp3) is 0.316. The van der Waals surface area contributed by atoms with Gasteiger partial charge in [0.25, 0.3) is 0 Å². The van der Waals surface area contributed by atoms with Crippen molar-refractivity contribution in [3.63, 3.8) is 0 Å². The third-order valence-electron chi connectivity index (χ3n) is 3.67. The summed E-state index contributed by atoms with van der Waals surface area (Å²) in [4.78, 5) is 35.9. The van der Waals surface area contributed by atoms with Gasteiger partial charge in [-0.25, -0.2) is 4.39 Å². The van der Waals surface area contributed by atoms with Gasteiger partial charge < -0.3 is 10.6 Å². The zero-order chi connectivity index (χ0) is 18.8. The minimum Gasteiger partial charge on any atom is -0.356 e. The number of carbonyl (C=O) groups excluding carboxylic acids is 3. The van der Waals surface area contributed by atoms with Crippen LogP contribution in [0.2, 0.25) is 0 Å². The van der Waals surface area contributed by atoms with Crippen molar-refractivity contribution < 1.29 is 18.8 Å². The number of rotatable bonds is 10. The summed E-state index contributed by atoms with van der Waals surface area (Å²) in [5, 5.41) is 7.18. The zero-order valence-electron chi connectivity index (χ0n) is 14.3. The molecule has 0 aliphatic rings. The third-order valence-corrected chi connectivity index (χ3v) is 4.59. The maximum Gasteiger partial charge on any atom is 0.221 e. The van der Waals surface area contributed by atoms with Crippen molar-refractivity contribution in [3.05, 3.63) is 58.0 Å². The maximum atomic E-state index is 13.0. The van der Waals surface area contributed by atoms with Crippen LogP contribution in [-0.4, -0.2) is 30.7 Å². The standard InChI is InChI=1S/C19H21FN2O3S/c20-15-4-1-3-14(13-15)8-10-21-19(25)9-11-22-18(24)7-6-16(23)17-5-2-12-26-17/h1-5,12-13H,6-11H2,(H,21,25)(H,22,24). The smallest absolute Gasteiger partial charge is 0.221 e. The summed E-state index contributed by atoms with van der Waals surface area (Å²) in [5.74, 6) is -0.779. The molecule has 1 heterocycles. The number of amides is 2. The lowest BCUT2D eigenvalue weighted by molar-refractivity contribution is -0.122. The van der Waals surface area contributed by atoms with E-state index < -0.39 is 0 Å². The van der Waals surface area contributed by atoms with Crippen molar-refractivity contribution in [2.24, 2.45) is 0 Å². The first-order chi connectivity index (χ1) is 12.5. The van der Waals surface area contributed by atoms with Crippen LogP contribution in [-0.2, 0) is 16.0 Å². The summed E-state index contributed by atoms with van der Waals surface area (Å²) in [7, 11) is 0. The van der Waals surface area contributed by atoms with E-state index in [4.69, 9.17) is 0 Å². The van der Waals surface area contributed by atoms with Crippen LogP contribution in [0.15, 0.2) is 41.8 Å². The van der Waals surface area contributed by atoms with Crippen molar-refractivity contribution in [1.82, 2.24) is 10.6 Å². The lowest BCUT2D eigenvalue weighted by Gasteiger charge is -2.07. The van der Waals surface area contributed by atoms with E-state index in [1.807, 2.05) is 5.38 Å². The minimum atomic E-state index is -0.297. The average molecular weight is 376 g/mol. The molecule has 2 aromatic rings. The summed E-state index contributed by atoms with van der Waals surface area (Å²) < 4.78 is 13.0. The number of hydrogen-bond acceptors (Lipinski definition) is 4. The van der Waals surface area contributed by atoms with Crippen molar-refractivity contribution in [1.29, 1.82) is 0 Å². The van der Waals surface area contributed by atoms with Gasteiger partial charge >= 0.3 is 0 Å². The molecule has 0 saturated heterocycles. The van der Waals surface area contributed by atoms with Gasteiger partial charge in [0, 0.05) is 32.4 Å². The number of hydrogen-bond donors (Lipinski definition) is 2. The molecule has 7 heteroatoms. The van der Waals surface area contributed by atoms with Crippen LogP contribution in [0.3, 0.4) is 0 Å². The van der Waals surface area contributed by atoms with Gasteiger partial charge in [0.15, 0.2) is 5.78 Å². The van der Waals surface area contributed by atoms with Gasteiger partial charge in [-0.2, -0.15) is 0 Å². The Morgan fingerprint density at radius 3 is 2.42 bits per heavy atom. The highest BCUT2D eigenvalue weighted by molar-refractivity contribution is 7.12. The Balaban J connectivity index is 1.54. The monoisotopic (exact) mass is 376 g/mol. The second-order valence-electron chi connectivity index (χ2n) is 5.73. The molecule has 0 spiro atoms. The SMILES string of the molecule is O=C(CCNC(=O)CCC(=O)c1cccs1)NCCc1cccc(F)c1. The molecule has 0 bridgehead atoms. The van der Waals surface area contributed by atoms with Crippen LogP contribution in [0, 0.1) is 5.82 Å². The number of halogens is 1. The van der Waals surface area contributed by atoms with Crippen molar-refractivity contribution in [2.45, 2.75) is 25.7 Å². The van der Waals surface area contributed by atoms with E-state index >= 15 is 0 Å². The number of Topliss-reactive ketones (excluding diaryl/α,β-unsaturated/α-hetero) is 1. The van der Waals surface area contributed by atoms with E-state index in [9.17, 15) is 18.8 Å². The number of nitrogens with one attached hydrogen (secondary N) is 2. The molecule has 0 fully saturated rings. The van der Waals surface area contributed by atoms with Gasteiger partial charge in [-0.15, -0.1) is 11.3 Å². The van der Waals surface area contributed by atoms with Crippen LogP contribution in [0.5, 0.6) is 0 Å². The molecule has 1 aromatic carbocycles. The zero-order valence-corrected chi connectivity index (χ0v) is 15.1. The van der Waals surface area contributed by atoms with Crippen LogP contribution < -0.4 is 10.6 Å². The second kappa shape index (κ2) is 10.5. The molecule has 2 N–H and O–H groups in total. The second-order valence-corrected chi connectivity index (χ2v) is 6.68. The van der Waals surface area contributed by atoms with E-state index in [0.29, 0.717) is 17.8 Å². The van der Waals surface area contributed by atoms with Crippen LogP contribution >= 0.6 is 11.3 Å². The molecule has 0 atom stereocenters. The number of carbonyl (C=O) groups is 3. The molecule has 2 amide bonds. The maximum absolute atomic E-state index is 13.0. The number of thiophene rings is 1. The predicted octanol–water partition coefficient (Wildman–Crippen LogP) is 2.72. The van der Waals surface area contributed by atoms with Gasteiger partial charge in [0.2, 0.25) is 11.8 Å². The highest BCUT2D eigenvalue weighted by atomic mass is 32.1. The fourth-order valence-corrected chi connectivity index (χ4v) is 3.01. The highest BCUT2D eigenvalue weighted by Gasteiger charge is 2.10. The Bertz CT molecular complexity index is 747. The van der Waals surface area contributed by atoms with Gasteiger partial charge in [-0.1, -0.05) is 18.2 Å². The molecular weight excluding hydrogens is 355 g/mol. The van der Waals surface area contributed by atoms with Crippen LogP contribution in [0.1, 0.15) is 34.5 Å². The molecule has 0 aliphatic carbocycles. The number of ketones is 1. The Hall–Kier alpha value is -2.54. The summed E-state index contributed by atoms with van der Waals surface area (Å²) >= 11 is 1.36. The van der Waals surface area contributed by atoms with Gasteiger partial charge in [-0.3, -0.25) is 14.4 Å². The lowest BCUT2D eigenvalue weighted by Crippen LogP contribution is -2.31. The molecule has 0 unspecified atom stereocenters. The van der Waals surface area contributed by atoms with Crippen molar-refractivity contribution >= 4 is 28.9 Å². The Morgan fingerprint density at radius 2 is 1.69 bits per heavy atom. The first-order valence-corrected chi connectivity index (χ1v) is 9.27. The molecule has 0 radical (unpaired) electrons. The molecule has 26 heavy (non-hydrogen) atoms. The Kier molecular flexibility index (Phi) is 7.95.